The number of aliphatic hydroxyl groups excluding tert-OH is 1. The van der Waals surface area contributed by atoms with Gasteiger partial charge in [0.05, 0.1) is 12.0 Å². The number of carbonyl (C=O) groups is 3. The van der Waals surface area contributed by atoms with Gasteiger partial charge in [-0.05, 0) is 13.3 Å². The first-order valence-corrected chi connectivity index (χ1v) is 7.71. The molecule has 114 valence electrons. The number of amides is 2. The molecule has 2 fully saturated rings. The van der Waals surface area contributed by atoms with Crippen molar-refractivity contribution in [2.75, 3.05) is 0 Å². The molecule has 3 N–H and O–H groups in total. The Balaban J connectivity index is 1.81. The van der Waals surface area contributed by atoms with Crippen molar-refractivity contribution in [1.82, 2.24) is 10.2 Å². The molecule has 2 saturated heterocycles. The summed E-state index contributed by atoms with van der Waals surface area (Å²) in [5.74, 6) is -2.06. The van der Waals surface area contributed by atoms with E-state index in [0.29, 0.717) is 24.2 Å². The van der Waals surface area contributed by atoms with Gasteiger partial charge in [0.2, 0.25) is 11.8 Å². The fourth-order valence-corrected chi connectivity index (χ4v) is 4.74. The number of nitrogens with one attached hydrogen (secondary N) is 1. The molecule has 0 saturated carbocycles. The standard InChI is InChI=1S/C13H16N2O5S/c1-5(16)9-11(18)15-10(13(19)20)7(21-12(9)15)4-6-2-3-8(17)14-6/h5-6,9,12,16H,2-4H2,1H3,(H,14,17)(H,19,20)/t5-,6?,9+,12-/m1/s1. The fourth-order valence-electron chi connectivity index (χ4n) is 3.05. The Morgan fingerprint density at radius 1 is 1.52 bits per heavy atom. The predicted octanol–water partition coefficient (Wildman–Crippen LogP) is -0.137. The highest BCUT2D eigenvalue weighted by molar-refractivity contribution is 8.04. The lowest BCUT2D eigenvalue weighted by molar-refractivity contribution is -0.156. The molecule has 0 radical (unpaired) electrons. The molecule has 7 nitrogen and oxygen atoms in total. The molecule has 0 bridgehead atoms. The van der Waals surface area contributed by atoms with Gasteiger partial charge in [0.15, 0.2) is 0 Å². The number of β-lactam (4-membered cyclic amide) rings is 1. The SMILES string of the molecule is C[C@@H](O)[C@H]1C(=O)N2C(C(=O)O)=C(CC3CCC(=O)N3)S[C@H]12. The van der Waals surface area contributed by atoms with Gasteiger partial charge in [0.1, 0.15) is 11.1 Å². The second kappa shape index (κ2) is 5.03. The minimum atomic E-state index is -1.14. The first kappa shape index (κ1) is 14.4. The van der Waals surface area contributed by atoms with E-state index in [1.165, 1.54) is 23.6 Å². The molecule has 3 rings (SSSR count). The first-order valence-electron chi connectivity index (χ1n) is 6.83. The van der Waals surface area contributed by atoms with Crippen molar-refractivity contribution in [2.24, 2.45) is 5.92 Å². The monoisotopic (exact) mass is 312 g/mol. The molecular formula is C13H16N2O5S. The number of fused-ring (bicyclic) bond motifs is 1. The molecule has 3 heterocycles. The van der Waals surface area contributed by atoms with Gasteiger partial charge in [-0.3, -0.25) is 14.5 Å². The van der Waals surface area contributed by atoms with Crippen LogP contribution in [0.5, 0.6) is 0 Å². The highest BCUT2D eigenvalue weighted by Crippen LogP contribution is 2.51. The Morgan fingerprint density at radius 3 is 2.76 bits per heavy atom. The molecule has 3 aliphatic rings. The third-order valence-electron chi connectivity index (χ3n) is 4.09. The predicted molar refractivity (Wildman–Crippen MR) is 73.8 cm³/mol. The van der Waals surface area contributed by atoms with Crippen molar-refractivity contribution in [2.45, 2.75) is 43.7 Å². The first-order chi connectivity index (χ1) is 9.90. The van der Waals surface area contributed by atoms with Crippen LogP contribution in [0.4, 0.5) is 0 Å². The molecule has 1 unspecified atom stereocenters. The van der Waals surface area contributed by atoms with Crippen LogP contribution in [0, 0.1) is 5.92 Å². The number of carboxylic acid groups (broad SMARTS) is 1. The molecule has 3 aliphatic heterocycles. The summed E-state index contributed by atoms with van der Waals surface area (Å²) in [6, 6.07) is -0.0758. The normalized spacial score (nSPS) is 32.9. The molecular weight excluding hydrogens is 296 g/mol. The number of aliphatic hydroxyl groups is 1. The molecule has 0 aromatic heterocycles. The Labute approximate surface area is 125 Å². The van der Waals surface area contributed by atoms with Crippen LogP contribution in [0.25, 0.3) is 0 Å². The van der Waals surface area contributed by atoms with Gasteiger partial charge in [-0.2, -0.15) is 0 Å². The summed E-state index contributed by atoms with van der Waals surface area (Å²) >= 11 is 1.32. The molecule has 0 aromatic carbocycles. The van der Waals surface area contributed by atoms with Gasteiger partial charge >= 0.3 is 5.97 Å². The Morgan fingerprint density at radius 2 is 2.24 bits per heavy atom. The van der Waals surface area contributed by atoms with Crippen LogP contribution in [-0.2, 0) is 14.4 Å². The summed E-state index contributed by atoms with van der Waals surface area (Å²) in [5.41, 5.74) is 0.00745. The van der Waals surface area contributed by atoms with Crippen molar-refractivity contribution in [3.63, 3.8) is 0 Å². The van der Waals surface area contributed by atoms with E-state index in [1.807, 2.05) is 0 Å². The topological polar surface area (TPSA) is 107 Å². The minimum Gasteiger partial charge on any atom is -0.477 e. The van der Waals surface area contributed by atoms with E-state index < -0.39 is 18.0 Å². The maximum atomic E-state index is 12.0. The lowest BCUT2D eigenvalue weighted by Gasteiger charge is -2.43. The fraction of sp³-hybridized carbons (Fsp3) is 0.615. The van der Waals surface area contributed by atoms with E-state index in [9.17, 15) is 24.6 Å². The number of thioether (sulfide) groups is 1. The summed E-state index contributed by atoms with van der Waals surface area (Å²) in [6.07, 6.45) is 0.749. The summed E-state index contributed by atoms with van der Waals surface area (Å²) in [5, 5.41) is 21.5. The molecule has 0 spiro atoms. The van der Waals surface area contributed by atoms with Crippen molar-refractivity contribution < 1.29 is 24.6 Å². The van der Waals surface area contributed by atoms with Crippen LogP contribution in [-0.4, -0.2) is 50.4 Å². The highest BCUT2D eigenvalue weighted by atomic mass is 32.2. The largest absolute Gasteiger partial charge is 0.477 e. The third-order valence-corrected chi connectivity index (χ3v) is 5.48. The van der Waals surface area contributed by atoms with Gasteiger partial charge in [-0.15, -0.1) is 11.8 Å². The van der Waals surface area contributed by atoms with Crippen LogP contribution in [0.3, 0.4) is 0 Å². The molecule has 4 atom stereocenters. The van der Waals surface area contributed by atoms with Crippen LogP contribution >= 0.6 is 11.8 Å². The summed E-state index contributed by atoms with van der Waals surface area (Å²) in [7, 11) is 0. The number of hydrogen-bond acceptors (Lipinski definition) is 5. The van der Waals surface area contributed by atoms with E-state index in [1.54, 1.807) is 0 Å². The van der Waals surface area contributed by atoms with E-state index in [0.717, 1.165) is 0 Å². The average Bonchev–Trinajstić information content (AvgIpc) is 2.91. The van der Waals surface area contributed by atoms with Crippen molar-refractivity contribution >= 4 is 29.5 Å². The third kappa shape index (κ3) is 2.22. The van der Waals surface area contributed by atoms with Crippen LogP contribution in [0.1, 0.15) is 26.2 Å². The number of rotatable bonds is 4. The van der Waals surface area contributed by atoms with Gasteiger partial charge in [0.25, 0.3) is 0 Å². The average molecular weight is 312 g/mol. The summed E-state index contributed by atoms with van der Waals surface area (Å²) < 4.78 is 0. The van der Waals surface area contributed by atoms with Crippen molar-refractivity contribution in [1.29, 1.82) is 0 Å². The number of nitrogens with zero attached hydrogens (tertiary/aromatic N) is 1. The van der Waals surface area contributed by atoms with Crippen molar-refractivity contribution in [3.8, 4) is 0 Å². The van der Waals surface area contributed by atoms with Gasteiger partial charge in [0, 0.05) is 23.8 Å². The smallest absolute Gasteiger partial charge is 0.353 e. The van der Waals surface area contributed by atoms with E-state index >= 15 is 0 Å². The molecule has 0 aromatic rings. The number of carboxylic acids is 1. The van der Waals surface area contributed by atoms with Crippen LogP contribution in [0.2, 0.25) is 0 Å². The van der Waals surface area contributed by atoms with Crippen LogP contribution in [0.15, 0.2) is 10.6 Å². The van der Waals surface area contributed by atoms with E-state index in [2.05, 4.69) is 5.32 Å². The van der Waals surface area contributed by atoms with E-state index in [4.69, 9.17) is 0 Å². The summed E-state index contributed by atoms with van der Waals surface area (Å²) in [6.45, 7) is 1.54. The van der Waals surface area contributed by atoms with Crippen LogP contribution < -0.4 is 5.32 Å². The summed E-state index contributed by atoms with van der Waals surface area (Å²) in [4.78, 5) is 36.6. The highest BCUT2D eigenvalue weighted by Gasteiger charge is 2.57. The lowest BCUT2D eigenvalue weighted by atomic mass is 9.92. The maximum absolute atomic E-state index is 12.0. The second-order valence-corrected chi connectivity index (χ2v) is 6.78. The maximum Gasteiger partial charge on any atom is 0.353 e. The molecule has 2 amide bonds. The number of carbonyl (C=O) groups excluding carboxylic acids is 2. The van der Waals surface area contributed by atoms with Gasteiger partial charge < -0.3 is 15.5 Å². The zero-order valence-electron chi connectivity index (χ0n) is 11.4. The minimum absolute atomic E-state index is 0.00745. The molecule has 0 aliphatic carbocycles. The second-order valence-electron chi connectivity index (χ2n) is 5.57. The number of hydrogen-bond donors (Lipinski definition) is 3. The zero-order chi connectivity index (χ0) is 15.3. The zero-order valence-corrected chi connectivity index (χ0v) is 12.2. The Bertz CT molecular complexity index is 559. The van der Waals surface area contributed by atoms with Gasteiger partial charge in [-0.1, -0.05) is 0 Å². The van der Waals surface area contributed by atoms with Gasteiger partial charge in [-0.25, -0.2) is 4.79 Å². The lowest BCUT2D eigenvalue weighted by Crippen LogP contribution is -2.60. The van der Waals surface area contributed by atoms with E-state index in [-0.39, 0.29) is 28.9 Å². The Kier molecular flexibility index (Phi) is 3.45. The molecule has 21 heavy (non-hydrogen) atoms. The van der Waals surface area contributed by atoms with Crippen molar-refractivity contribution in [3.05, 3.63) is 10.6 Å². The quantitative estimate of drug-likeness (QED) is 0.624. The molecule has 8 heteroatoms. The number of aliphatic carboxylic acids is 1. The Hall–Kier alpha value is -1.54.